The van der Waals surface area contributed by atoms with Crippen molar-refractivity contribution in [3.05, 3.63) is 41.7 Å². The van der Waals surface area contributed by atoms with E-state index in [0.29, 0.717) is 5.69 Å². The molecule has 0 aliphatic heterocycles. The van der Waals surface area contributed by atoms with Crippen molar-refractivity contribution in [2.75, 3.05) is 7.11 Å². The monoisotopic (exact) mass is 201 g/mol. The normalized spacial score (nSPS) is 10.3. The summed E-state index contributed by atoms with van der Waals surface area (Å²) >= 11 is 0. The molecule has 0 saturated heterocycles. The number of fused-ring (bicyclic) bond motifs is 1. The van der Waals surface area contributed by atoms with Crippen LogP contribution in [-0.4, -0.2) is 18.1 Å². The molecule has 0 amide bonds. The number of aryl methyl sites for hydroxylation is 1. The highest BCUT2D eigenvalue weighted by atomic mass is 16.5. The van der Waals surface area contributed by atoms with Crippen LogP contribution >= 0.6 is 0 Å². The van der Waals surface area contributed by atoms with Gasteiger partial charge in [-0.25, -0.2) is 9.78 Å². The van der Waals surface area contributed by atoms with Crippen LogP contribution in [0.25, 0.3) is 10.8 Å². The molecule has 0 atom stereocenters. The molecule has 76 valence electrons. The van der Waals surface area contributed by atoms with Gasteiger partial charge in [-0.1, -0.05) is 24.3 Å². The highest BCUT2D eigenvalue weighted by Gasteiger charge is 2.12. The van der Waals surface area contributed by atoms with Crippen molar-refractivity contribution in [3.63, 3.8) is 0 Å². The number of esters is 1. The average molecular weight is 201 g/mol. The quantitative estimate of drug-likeness (QED) is 0.665. The predicted molar refractivity (Wildman–Crippen MR) is 57.8 cm³/mol. The second-order valence-corrected chi connectivity index (χ2v) is 3.32. The van der Waals surface area contributed by atoms with Crippen LogP contribution in [0.1, 0.15) is 16.2 Å². The van der Waals surface area contributed by atoms with Crippen molar-refractivity contribution >= 4 is 16.7 Å². The average Bonchev–Trinajstić information content (AvgIpc) is 2.26. The molecule has 2 rings (SSSR count). The summed E-state index contributed by atoms with van der Waals surface area (Å²) in [5.74, 6) is -0.394. The van der Waals surface area contributed by atoms with E-state index in [0.717, 1.165) is 16.5 Å². The molecule has 0 radical (unpaired) electrons. The maximum Gasteiger partial charge on any atom is 0.357 e. The summed E-state index contributed by atoms with van der Waals surface area (Å²) in [7, 11) is 1.36. The van der Waals surface area contributed by atoms with E-state index in [-0.39, 0.29) is 0 Å². The first-order valence-corrected chi connectivity index (χ1v) is 4.67. The first-order chi connectivity index (χ1) is 7.22. The topological polar surface area (TPSA) is 39.2 Å². The number of rotatable bonds is 1. The third-order valence-electron chi connectivity index (χ3n) is 2.25. The Bertz CT molecular complexity index is 520. The highest BCUT2D eigenvalue weighted by Crippen LogP contribution is 2.18. The number of pyridine rings is 1. The van der Waals surface area contributed by atoms with E-state index in [1.54, 1.807) is 0 Å². The van der Waals surface area contributed by atoms with Gasteiger partial charge in [-0.2, -0.15) is 0 Å². The van der Waals surface area contributed by atoms with Crippen LogP contribution in [0.15, 0.2) is 30.3 Å². The Morgan fingerprint density at radius 1 is 1.33 bits per heavy atom. The molecule has 1 aromatic heterocycles. The molecule has 3 heteroatoms. The van der Waals surface area contributed by atoms with Crippen LogP contribution in [0.3, 0.4) is 0 Å². The Morgan fingerprint density at radius 3 is 2.80 bits per heavy atom. The van der Waals surface area contributed by atoms with Crippen LogP contribution in [0.2, 0.25) is 0 Å². The van der Waals surface area contributed by atoms with Crippen molar-refractivity contribution in [1.29, 1.82) is 0 Å². The van der Waals surface area contributed by atoms with Gasteiger partial charge < -0.3 is 4.74 Å². The summed E-state index contributed by atoms with van der Waals surface area (Å²) in [6.07, 6.45) is 0. The van der Waals surface area contributed by atoms with Crippen molar-refractivity contribution in [2.24, 2.45) is 0 Å². The molecule has 15 heavy (non-hydrogen) atoms. The number of ether oxygens (including phenoxy) is 1. The summed E-state index contributed by atoms with van der Waals surface area (Å²) in [6, 6.07) is 9.58. The maximum atomic E-state index is 11.5. The molecule has 3 nitrogen and oxygen atoms in total. The fourth-order valence-electron chi connectivity index (χ4n) is 1.58. The van der Waals surface area contributed by atoms with Crippen LogP contribution < -0.4 is 0 Å². The van der Waals surface area contributed by atoms with E-state index in [2.05, 4.69) is 4.98 Å². The predicted octanol–water partition coefficient (Wildman–Crippen LogP) is 2.33. The van der Waals surface area contributed by atoms with Gasteiger partial charge in [-0.05, 0) is 18.4 Å². The number of hydrogen-bond donors (Lipinski definition) is 0. The molecule has 1 heterocycles. The minimum absolute atomic E-state index is 0.383. The van der Waals surface area contributed by atoms with E-state index in [1.807, 2.05) is 37.3 Å². The zero-order valence-electron chi connectivity index (χ0n) is 8.65. The van der Waals surface area contributed by atoms with Crippen molar-refractivity contribution in [2.45, 2.75) is 6.92 Å². The van der Waals surface area contributed by atoms with Gasteiger partial charge in [-0.15, -0.1) is 0 Å². The van der Waals surface area contributed by atoms with Gasteiger partial charge in [0.15, 0.2) is 5.69 Å². The summed E-state index contributed by atoms with van der Waals surface area (Å²) in [4.78, 5) is 15.7. The smallest absolute Gasteiger partial charge is 0.357 e. The summed E-state index contributed by atoms with van der Waals surface area (Å²) in [5.41, 5.74) is 1.20. The van der Waals surface area contributed by atoms with E-state index in [9.17, 15) is 4.79 Å². The molecule has 0 aliphatic carbocycles. The Balaban J connectivity index is 2.76. The summed E-state index contributed by atoms with van der Waals surface area (Å²) in [6.45, 7) is 1.86. The van der Waals surface area contributed by atoms with E-state index in [1.165, 1.54) is 7.11 Å². The van der Waals surface area contributed by atoms with Gasteiger partial charge in [-0.3, -0.25) is 0 Å². The SMILES string of the molecule is COC(=O)c1nc(C)cc2ccccc12. The number of hydrogen-bond acceptors (Lipinski definition) is 3. The van der Waals surface area contributed by atoms with Crippen molar-refractivity contribution < 1.29 is 9.53 Å². The lowest BCUT2D eigenvalue weighted by Crippen LogP contribution is -2.06. The fourth-order valence-corrected chi connectivity index (χ4v) is 1.58. The highest BCUT2D eigenvalue weighted by molar-refractivity contribution is 6.02. The lowest BCUT2D eigenvalue weighted by atomic mass is 10.1. The zero-order valence-corrected chi connectivity index (χ0v) is 8.65. The van der Waals surface area contributed by atoms with Crippen LogP contribution in [0.5, 0.6) is 0 Å². The molecule has 2 aromatic rings. The van der Waals surface area contributed by atoms with Crippen molar-refractivity contribution in [1.82, 2.24) is 4.98 Å². The Kier molecular flexibility index (Phi) is 2.37. The van der Waals surface area contributed by atoms with Gasteiger partial charge in [0.2, 0.25) is 0 Å². The summed E-state index contributed by atoms with van der Waals surface area (Å²) < 4.78 is 4.70. The minimum atomic E-state index is -0.394. The molecule has 0 aliphatic rings. The van der Waals surface area contributed by atoms with Crippen LogP contribution in [0.4, 0.5) is 0 Å². The van der Waals surface area contributed by atoms with Gasteiger partial charge in [0.25, 0.3) is 0 Å². The number of carbonyl (C=O) groups excluding carboxylic acids is 1. The number of carbonyl (C=O) groups is 1. The second-order valence-electron chi connectivity index (χ2n) is 3.32. The molecule has 0 fully saturated rings. The number of aromatic nitrogens is 1. The van der Waals surface area contributed by atoms with E-state index < -0.39 is 5.97 Å². The Hall–Kier alpha value is -1.90. The zero-order chi connectivity index (χ0) is 10.8. The third kappa shape index (κ3) is 1.68. The van der Waals surface area contributed by atoms with Gasteiger partial charge in [0, 0.05) is 11.1 Å². The molecule has 0 unspecified atom stereocenters. The lowest BCUT2D eigenvalue weighted by Gasteiger charge is -2.05. The molecular weight excluding hydrogens is 190 g/mol. The molecule has 0 bridgehead atoms. The maximum absolute atomic E-state index is 11.5. The molecule has 0 N–H and O–H groups in total. The first-order valence-electron chi connectivity index (χ1n) is 4.67. The van der Waals surface area contributed by atoms with Gasteiger partial charge in [0.1, 0.15) is 0 Å². The van der Waals surface area contributed by atoms with Gasteiger partial charge in [0.05, 0.1) is 7.11 Å². The number of benzene rings is 1. The second kappa shape index (κ2) is 3.69. The number of methoxy groups -OCH3 is 1. The number of nitrogens with zero attached hydrogens (tertiary/aromatic N) is 1. The Morgan fingerprint density at radius 2 is 2.07 bits per heavy atom. The minimum Gasteiger partial charge on any atom is -0.464 e. The molecule has 0 saturated carbocycles. The van der Waals surface area contributed by atoms with Crippen LogP contribution in [0, 0.1) is 6.92 Å². The largest absolute Gasteiger partial charge is 0.464 e. The van der Waals surface area contributed by atoms with E-state index >= 15 is 0 Å². The molecular formula is C12H11NO2. The van der Waals surface area contributed by atoms with Crippen LogP contribution in [-0.2, 0) is 4.74 Å². The standard InChI is InChI=1S/C12H11NO2/c1-8-7-9-5-3-4-6-10(9)11(13-8)12(14)15-2/h3-7H,1-2H3. The Labute approximate surface area is 87.7 Å². The molecule has 0 spiro atoms. The fraction of sp³-hybridized carbons (Fsp3) is 0.167. The van der Waals surface area contributed by atoms with Crippen molar-refractivity contribution in [3.8, 4) is 0 Å². The molecule has 1 aromatic carbocycles. The lowest BCUT2D eigenvalue weighted by molar-refractivity contribution is 0.0596. The van der Waals surface area contributed by atoms with Gasteiger partial charge >= 0.3 is 5.97 Å². The van der Waals surface area contributed by atoms with E-state index in [4.69, 9.17) is 4.74 Å². The first kappa shape index (κ1) is 9.65. The third-order valence-corrected chi connectivity index (χ3v) is 2.25. The summed E-state index contributed by atoms with van der Waals surface area (Å²) in [5, 5.41) is 1.83.